The second kappa shape index (κ2) is 6.39. The molecule has 96 valence electrons. The Hall–Kier alpha value is -2.37. The van der Waals surface area contributed by atoms with Crippen LogP contribution in [0.2, 0.25) is 0 Å². The normalized spacial score (nSPS) is 10.2. The van der Waals surface area contributed by atoms with Crippen molar-refractivity contribution in [1.29, 1.82) is 0 Å². The van der Waals surface area contributed by atoms with Crippen LogP contribution in [0.5, 0.6) is 0 Å². The van der Waals surface area contributed by atoms with E-state index in [1.165, 1.54) is 38.5 Å². The van der Waals surface area contributed by atoms with Gasteiger partial charge in [-0.15, -0.1) is 0 Å². The molecule has 0 atom stereocenters. The lowest BCUT2D eigenvalue weighted by molar-refractivity contribution is -0.134. The molecule has 1 aromatic carbocycles. The first-order chi connectivity index (χ1) is 8.56. The first kappa shape index (κ1) is 13.7. The van der Waals surface area contributed by atoms with Crippen LogP contribution in [0.15, 0.2) is 24.3 Å². The highest BCUT2D eigenvalue weighted by Crippen LogP contribution is 2.19. The molecule has 1 amide bonds. The molecule has 5 nitrogen and oxygen atoms in total. The predicted octanol–water partition coefficient (Wildman–Crippen LogP) is 2.19. The van der Waals surface area contributed by atoms with E-state index in [1.54, 1.807) is 0 Å². The van der Waals surface area contributed by atoms with Gasteiger partial charge in [0.05, 0.1) is 19.9 Å². The van der Waals surface area contributed by atoms with Crippen molar-refractivity contribution < 1.29 is 23.5 Å². The maximum Gasteiger partial charge on any atom is 0.411 e. The van der Waals surface area contributed by atoms with E-state index >= 15 is 0 Å². The molecule has 0 aliphatic carbocycles. The van der Waals surface area contributed by atoms with Crippen LogP contribution in [0.3, 0.4) is 0 Å². The number of anilines is 1. The summed E-state index contributed by atoms with van der Waals surface area (Å²) >= 11 is 0. The fourth-order valence-corrected chi connectivity index (χ4v) is 1.17. The zero-order chi connectivity index (χ0) is 13.5. The Bertz CT molecular complexity index is 485. The third-order valence-corrected chi connectivity index (χ3v) is 2.04. The number of rotatable bonds is 3. The minimum Gasteiger partial charge on any atom is -0.466 e. The highest BCUT2D eigenvalue weighted by atomic mass is 19.1. The quantitative estimate of drug-likeness (QED) is 0.662. The predicted molar refractivity (Wildman–Crippen MR) is 63.5 cm³/mol. The van der Waals surface area contributed by atoms with Gasteiger partial charge in [0, 0.05) is 11.6 Å². The van der Waals surface area contributed by atoms with Crippen LogP contribution in [0.1, 0.15) is 5.56 Å². The van der Waals surface area contributed by atoms with Crippen molar-refractivity contribution in [1.82, 2.24) is 0 Å². The van der Waals surface area contributed by atoms with Crippen molar-refractivity contribution in [2.45, 2.75) is 0 Å². The van der Waals surface area contributed by atoms with Gasteiger partial charge in [-0.2, -0.15) is 0 Å². The Kier molecular flexibility index (Phi) is 4.86. The van der Waals surface area contributed by atoms with Gasteiger partial charge < -0.3 is 9.47 Å². The fraction of sp³-hybridized carbons (Fsp3) is 0.167. The molecule has 0 radical (unpaired) electrons. The molecule has 0 fully saturated rings. The molecule has 6 heteroatoms. The molecule has 0 unspecified atom stereocenters. The third kappa shape index (κ3) is 3.89. The summed E-state index contributed by atoms with van der Waals surface area (Å²) in [6, 6.07) is 3.72. The average molecular weight is 253 g/mol. The Balaban J connectivity index is 3.00. The maximum atomic E-state index is 13.1. The number of benzene rings is 1. The van der Waals surface area contributed by atoms with Crippen LogP contribution >= 0.6 is 0 Å². The molecule has 0 aromatic heterocycles. The van der Waals surface area contributed by atoms with E-state index in [9.17, 15) is 14.0 Å². The third-order valence-electron chi connectivity index (χ3n) is 2.04. The number of carbonyl (C=O) groups excluding carboxylic acids is 2. The molecule has 0 saturated carbocycles. The number of hydrogen-bond acceptors (Lipinski definition) is 4. The minimum atomic E-state index is -0.686. The minimum absolute atomic E-state index is 0.323. The number of methoxy groups -OCH3 is 2. The van der Waals surface area contributed by atoms with Gasteiger partial charge in [-0.25, -0.2) is 14.0 Å². The van der Waals surface area contributed by atoms with Crippen molar-refractivity contribution in [3.63, 3.8) is 0 Å². The summed E-state index contributed by atoms with van der Waals surface area (Å²) in [6.07, 6.45) is 1.77. The lowest BCUT2D eigenvalue weighted by atomic mass is 10.1. The van der Waals surface area contributed by atoms with Gasteiger partial charge in [0.2, 0.25) is 0 Å². The molecule has 1 aromatic rings. The highest BCUT2D eigenvalue weighted by Gasteiger charge is 2.06. The Morgan fingerprint density at radius 1 is 1.28 bits per heavy atom. The van der Waals surface area contributed by atoms with Gasteiger partial charge in [0.1, 0.15) is 5.82 Å². The van der Waals surface area contributed by atoms with E-state index in [0.717, 1.165) is 6.08 Å². The SMILES string of the molecule is COC(=O)/C=C/c1cc(F)ccc1NC(=O)OC. The molecule has 18 heavy (non-hydrogen) atoms. The molecule has 0 saturated heterocycles. The number of amides is 1. The van der Waals surface area contributed by atoms with E-state index in [0.29, 0.717) is 11.3 Å². The number of hydrogen-bond donors (Lipinski definition) is 1. The van der Waals surface area contributed by atoms with Crippen LogP contribution in [0.4, 0.5) is 14.9 Å². The second-order valence-electron chi connectivity index (χ2n) is 3.20. The average Bonchev–Trinajstić information content (AvgIpc) is 2.38. The van der Waals surface area contributed by atoms with Crippen LogP contribution in [0.25, 0.3) is 6.08 Å². The van der Waals surface area contributed by atoms with Crippen LogP contribution in [-0.4, -0.2) is 26.3 Å². The van der Waals surface area contributed by atoms with Gasteiger partial charge in [0.25, 0.3) is 0 Å². The number of nitrogens with one attached hydrogen (secondary N) is 1. The van der Waals surface area contributed by atoms with Gasteiger partial charge >= 0.3 is 12.1 Å². The summed E-state index contributed by atoms with van der Waals surface area (Å²) in [5.74, 6) is -1.07. The first-order valence-corrected chi connectivity index (χ1v) is 4.97. The van der Waals surface area contributed by atoms with Gasteiger partial charge in [0.15, 0.2) is 0 Å². The second-order valence-corrected chi connectivity index (χ2v) is 3.20. The molecule has 0 bridgehead atoms. The Morgan fingerprint density at radius 3 is 2.61 bits per heavy atom. The Labute approximate surface area is 103 Å². The van der Waals surface area contributed by atoms with Crippen LogP contribution in [-0.2, 0) is 14.3 Å². The van der Waals surface area contributed by atoms with Crippen molar-refractivity contribution >= 4 is 23.8 Å². The summed E-state index contributed by atoms with van der Waals surface area (Å²) in [5.41, 5.74) is 0.647. The van der Waals surface area contributed by atoms with Crippen LogP contribution in [0, 0.1) is 5.82 Å². The van der Waals surface area contributed by atoms with Crippen molar-refractivity contribution in [3.8, 4) is 0 Å². The largest absolute Gasteiger partial charge is 0.466 e. The van der Waals surface area contributed by atoms with Gasteiger partial charge in [-0.3, -0.25) is 5.32 Å². The number of halogens is 1. The van der Waals surface area contributed by atoms with E-state index in [-0.39, 0.29) is 0 Å². The van der Waals surface area contributed by atoms with E-state index in [1.807, 2.05) is 0 Å². The molecule has 1 N–H and O–H groups in total. The maximum absolute atomic E-state index is 13.1. The highest BCUT2D eigenvalue weighted by molar-refractivity contribution is 5.91. The molecule has 0 spiro atoms. The monoisotopic (exact) mass is 253 g/mol. The number of esters is 1. The topological polar surface area (TPSA) is 64.6 Å². The van der Waals surface area contributed by atoms with E-state index in [2.05, 4.69) is 14.8 Å². The van der Waals surface area contributed by atoms with E-state index in [4.69, 9.17) is 0 Å². The van der Waals surface area contributed by atoms with Crippen molar-refractivity contribution in [2.75, 3.05) is 19.5 Å². The molecular weight excluding hydrogens is 241 g/mol. The summed E-state index contributed by atoms with van der Waals surface area (Å²) < 4.78 is 21.9. The molecule has 1 rings (SSSR count). The smallest absolute Gasteiger partial charge is 0.411 e. The van der Waals surface area contributed by atoms with Crippen molar-refractivity contribution in [2.24, 2.45) is 0 Å². The Morgan fingerprint density at radius 2 is 2.00 bits per heavy atom. The summed E-state index contributed by atoms with van der Waals surface area (Å²) in [5, 5.41) is 2.40. The zero-order valence-electron chi connectivity index (χ0n) is 9.90. The summed E-state index contributed by atoms with van der Waals surface area (Å²) in [4.78, 5) is 22.0. The standard InChI is InChI=1S/C12H12FNO4/c1-17-11(15)6-3-8-7-9(13)4-5-10(8)14-12(16)18-2/h3-7H,1-2H3,(H,14,16)/b6-3+. The summed E-state index contributed by atoms with van der Waals surface area (Å²) in [6.45, 7) is 0. The zero-order valence-corrected chi connectivity index (χ0v) is 9.90. The summed E-state index contributed by atoms with van der Waals surface area (Å²) in [7, 11) is 2.44. The fourth-order valence-electron chi connectivity index (χ4n) is 1.17. The lowest BCUT2D eigenvalue weighted by Gasteiger charge is -2.07. The van der Waals surface area contributed by atoms with Gasteiger partial charge in [-0.1, -0.05) is 0 Å². The molecular formula is C12H12FNO4. The lowest BCUT2D eigenvalue weighted by Crippen LogP contribution is -2.12. The number of carbonyl (C=O) groups is 2. The molecule has 0 heterocycles. The molecule has 0 aliphatic heterocycles. The van der Waals surface area contributed by atoms with Gasteiger partial charge in [-0.05, 0) is 24.3 Å². The van der Waals surface area contributed by atoms with E-state index < -0.39 is 17.9 Å². The first-order valence-electron chi connectivity index (χ1n) is 4.97. The van der Waals surface area contributed by atoms with Crippen LogP contribution < -0.4 is 5.32 Å². The molecule has 0 aliphatic rings. The number of ether oxygens (including phenoxy) is 2. The van der Waals surface area contributed by atoms with Crippen molar-refractivity contribution in [3.05, 3.63) is 35.7 Å².